The molecule has 1 rings (SSSR count). The first-order valence-corrected chi connectivity index (χ1v) is 4.38. The van der Waals surface area contributed by atoms with Crippen LogP contribution in [0.5, 0.6) is 5.75 Å². The molecule has 13 heavy (non-hydrogen) atoms. The fourth-order valence-electron chi connectivity index (χ4n) is 1.06. The molecule has 0 heterocycles. The summed E-state index contributed by atoms with van der Waals surface area (Å²) in [6.45, 7) is 0.0413. The third kappa shape index (κ3) is 2.59. The van der Waals surface area contributed by atoms with E-state index >= 15 is 0 Å². The highest BCUT2D eigenvalue weighted by molar-refractivity contribution is 6.32. The summed E-state index contributed by atoms with van der Waals surface area (Å²) in [5, 5.41) is 18.1. The first-order chi connectivity index (χ1) is 6.15. The van der Waals surface area contributed by atoms with Gasteiger partial charge in [0.1, 0.15) is 5.75 Å². The SMILES string of the molecule is NC(CCO)c1ccc(O)c(Cl)c1. The number of aliphatic hydroxyl groups excluding tert-OH is 1. The van der Waals surface area contributed by atoms with Gasteiger partial charge < -0.3 is 15.9 Å². The zero-order valence-electron chi connectivity index (χ0n) is 7.07. The molecule has 0 bridgehead atoms. The summed E-state index contributed by atoms with van der Waals surface area (Å²) >= 11 is 5.69. The van der Waals surface area contributed by atoms with E-state index in [9.17, 15) is 0 Å². The lowest BCUT2D eigenvalue weighted by molar-refractivity contribution is 0.276. The molecule has 1 aromatic carbocycles. The van der Waals surface area contributed by atoms with Crippen LogP contribution in [-0.4, -0.2) is 16.8 Å². The molecule has 0 spiro atoms. The number of rotatable bonds is 3. The van der Waals surface area contributed by atoms with Crippen LogP contribution < -0.4 is 5.73 Å². The third-order valence-electron chi connectivity index (χ3n) is 1.84. The lowest BCUT2D eigenvalue weighted by Gasteiger charge is -2.10. The van der Waals surface area contributed by atoms with Gasteiger partial charge in [0.2, 0.25) is 0 Å². The van der Waals surface area contributed by atoms with Crippen molar-refractivity contribution < 1.29 is 10.2 Å². The van der Waals surface area contributed by atoms with Crippen molar-refractivity contribution in [3.63, 3.8) is 0 Å². The number of aromatic hydroxyl groups is 1. The van der Waals surface area contributed by atoms with Crippen molar-refractivity contribution in [3.8, 4) is 5.75 Å². The van der Waals surface area contributed by atoms with Gasteiger partial charge in [0, 0.05) is 12.6 Å². The van der Waals surface area contributed by atoms with Crippen LogP contribution in [0.3, 0.4) is 0 Å². The summed E-state index contributed by atoms with van der Waals surface area (Å²) < 4.78 is 0. The van der Waals surface area contributed by atoms with E-state index in [2.05, 4.69) is 0 Å². The van der Waals surface area contributed by atoms with Gasteiger partial charge in [-0.05, 0) is 24.1 Å². The second-order valence-corrected chi connectivity index (χ2v) is 3.24. The maximum absolute atomic E-state index is 9.13. The van der Waals surface area contributed by atoms with Crippen LogP contribution >= 0.6 is 11.6 Å². The van der Waals surface area contributed by atoms with Crippen LogP contribution in [0.2, 0.25) is 5.02 Å². The quantitative estimate of drug-likeness (QED) is 0.693. The molecular formula is C9H12ClNO2. The molecule has 72 valence electrons. The van der Waals surface area contributed by atoms with Crippen molar-refractivity contribution in [2.24, 2.45) is 5.73 Å². The van der Waals surface area contributed by atoms with Crippen LogP contribution in [0.15, 0.2) is 18.2 Å². The maximum atomic E-state index is 9.13. The van der Waals surface area contributed by atoms with E-state index < -0.39 is 0 Å². The Morgan fingerprint density at radius 3 is 2.69 bits per heavy atom. The lowest BCUT2D eigenvalue weighted by atomic mass is 10.1. The number of benzene rings is 1. The number of hydrogen-bond acceptors (Lipinski definition) is 3. The highest BCUT2D eigenvalue weighted by atomic mass is 35.5. The summed E-state index contributed by atoms with van der Waals surface area (Å²) in [5.74, 6) is 0.0432. The number of hydrogen-bond donors (Lipinski definition) is 3. The maximum Gasteiger partial charge on any atom is 0.134 e. The monoisotopic (exact) mass is 201 g/mol. The topological polar surface area (TPSA) is 66.5 Å². The van der Waals surface area contributed by atoms with Crippen molar-refractivity contribution in [1.82, 2.24) is 0 Å². The molecule has 0 radical (unpaired) electrons. The lowest BCUT2D eigenvalue weighted by Crippen LogP contribution is -2.11. The summed E-state index contributed by atoms with van der Waals surface area (Å²) in [5.41, 5.74) is 6.54. The number of phenols is 1. The molecule has 1 aromatic rings. The first-order valence-electron chi connectivity index (χ1n) is 4.00. The van der Waals surface area contributed by atoms with Crippen LogP contribution in [0.25, 0.3) is 0 Å². The molecule has 3 nitrogen and oxygen atoms in total. The highest BCUT2D eigenvalue weighted by Crippen LogP contribution is 2.26. The highest BCUT2D eigenvalue weighted by Gasteiger charge is 2.07. The minimum Gasteiger partial charge on any atom is -0.506 e. The zero-order chi connectivity index (χ0) is 9.84. The molecular weight excluding hydrogens is 190 g/mol. The Kier molecular flexibility index (Phi) is 3.54. The summed E-state index contributed by atoms with van der Waals surface area (Å²) in [7, 11) is 0. The predicted octanol–water partition coefficient (Wildman–Crippen LogP) is 1.43. The van der Waals surface area contributed by atoms with Gasteiger partial charge >= 0.3 is 0 Å². The van der Waals surface area contributed by atoms with Crippen LogP contribution in [0.1, 0.15) is 18.0 Å². The van der Waals surface area contributed by atoms with Gasteiger partial charge in [-0.25, -0.2) is 0 Å². The number of nitrogens with two attached hydrogens (primary N) is 1. The summed E-state index contributed by atoms with van der Waals surface area (Å²) in [6, 6.07) is 4.57. The van der Waals surface area contributed by atoms with E-state index in [4.69, 9.17) is 27.5 Å². The van der Waals surface area contributed by atoms with Gasteiger partial charge in [-0.2, -0.15) is 0 Å². The molecule has 4 heteroatoms. The van der Waals surface area contributed by atoms with Crippen molar-refractivity contribution in [3.05, 3.63) is 28.8 Å². The molecule has 0 aliphatic heterocycles. The van der Waals surface area contributed by atoms with E-state index in [1.807, 2.05) is 0 Å². The van der Waals surface area contributed by atoms with Gasteiger partial charge in [-0.15, -0.1) is 0 Å². The first kappa shape index (κ1) is 10.3. The van der Waals surface area contributed by atoms with Crippen molar-refractivity contribution >= 4 is 11.6 Å². The minimum absolute atomic E-state index is 0.0413. The van der Waals surface area contributed by atoms with Gasteiger partial charge in [-0.3, -0.25) is 0 Å². The Bertz CT molecular complexity index is 291. The predicted molar refractivity (Wildman–Crippen MR) is 51.7 cm³/mol. The Morgan fingerprint density at radius 1 is 1.46 bits per heavy atom. The molecule has 0 saturated carbocycles. The molecule has 0 saturated heterocycles. The smallest absolute Gasteiger partial charge is 0.134 e. The van der Waals surface area contributed by atoms with Gasteiger partial charge in [0.15, 0.2) is 0 Å². The molecule has 0 aliphatic rings. The van der Waals surface area contributed by atoms with Crippen LogP contribution in [0, 0.1) is 0 Å². The van der Waals surface area contributed by atoms with Gasteiger partial charge in [0.25, 0.3) is 0 Å². The second-order valence-electron chi connectivity index (χ2n) is 2.83. The van der Waals surface area contributed by atoms with Crippen molar-refractivity contribution in [2.45, 2.75) is 12.5 Å². The van der Waals surface area contributed by atoms with E-state index in [1.165, 1.54) is 6.07 Å². The van der Waals surface area contributed by atoms with Crippen LogP contribution in [-0.2, 0) is 0 Å². The number of aliphatic hydroxyl groups is 1. The molecule has 0 aromatic heterocycles. The molecule has 0 fully saturated rings. The number of phenolic OH excluding ortho intramolecular Hbond substituents is 1. The van der Waals surface area contributed by atoms with Crippen molar-refractivity contribution in [2.75, 3.05) is 6.61 Å². The molecule has 0 amide bonds. The Hall–Kier alpha value is -0.770. The van der Waals surface area contributed by atoms with E-state index in [-0.39, 0.29) is 23.4 Å². The fraction of sp³-hybridized carbons (Fsp3) is 0.333. The summed E-state index contributed by atoms with van der Waals surface area (Å²) in [6.07, 6.45) is 0.487. The average molecular weight is 202 g/mol. The second kappa shape index (κ2) is 4.46. The van der Waals surface area contributed by atoms with E-state index in [0.717, 1.165) is 5.56 Å². The fourth-order valence-corrected chi connectivity index (χ4v) is 1.25. The van der Waals surface area contributed by atoms with Crippen LogP contribution in [0.4, 0.5) is 0 Å². The number of halogens is 1. The third-order valence-corrected chi connectivity index (χ3v) is 2.14. The Balaban J connectivity index is 2.84. The normalized spacial score (nSPS) is 12.8. The van der Waals surface area contributed by atoms with E-state index in [1.54, 1.807) is 12.1 Å². The summed E-state index contributed by atoms with van der Waals surface area (Å²) in [4.78, 5) is 0. The Labute approximate surface area is 81.8 Å². The van der Waals surface area contributed by atoms with Gasteiger partial charge in [0.05, 0.1) is 5.02 Å². The molecule has 0 aliphatic carbocycles. The van der Waals surface area contributed by atoms with Gasteiger partial charge in [-0.1, -0.05) is 17.7 Å². The average Bonchev–Trinajstić information content (AvgIpc) is 2.10. The van der Waals surface area contributed by atoms with Crippen molar-refractivity contribution in [1.29, 1.82) is 0 Å². The molecule has 4 N–H and O–H groups in total. The zero-order valence-corrected chi connectivity index (χ0v) is 7.83. The largest absolute Gasteiger partial charge is 0.506 e. The molecule has 1 unspecified atom stereocenters. The van der Waals surface area contributed by atoms with E-state index in [0.29, 0.717) is 6.42 Å². The molecule has 1 atom stereocenters. The Morgan fingerprint density at radius 2 is 2.15 bits per heavy atom. The standard InChI is InChI=1S/C9H12ClNO2/c10-7-5-6(1-2-9(7)13)8(11)3-4-12/h1-2,5,8,12-13H,3-4,11H2. The minimum atomic E-state index is -0.233.